The van der Waals surface area contributed by atoms with E-state index in [-0.39, 0.29) is 0 Å². The van der Waals surface area contributed by atoms with Crippen molar-refractivity contribution in [1.29, 1.82) is 0 Å². The number of fused-ring (bicyclic) bond motifs is 1. The van der Waals surface area contributed by atoms with Crippen LogP contribution in [-0.4, -0.2) is 11.5 Å². The van der Waals surface area contributed by atoms with E-state index in [2.05, 4.69) is 47.9 Å². The third-order valence-corrected chi connectivity index (χ3v) is 3.27. The first kappa shape index (κ1) is 10.9. The second kappa shape index (κ2) is 4.22. The maximum atomic E-state index is 5.41. The minimum absolute atomic E-state index is 0.904. The fraction of sp³-hybridized carbons (Fsp3) is 0.125. The molecule has 0 atom stereocenters. The lowest BCUT2D eigenvalue weighted by Gasteiger charge is -2.09. The summed E-state index contributed by atoms with van der Waals surface area (Å²) in [7, 11) is 1.71. The van der Waals surface area contributed by atoms with Crippen molar-refractivity contribution in [2.75, 3.05) is 7.11 Å². The molecule has 0 bridgehead atoms. The maximum absolute atomic E-state index is 5.41. The van der Waals surface area contributed by atoms with Gasteiger partial charge in [-0.05, 0) is 31.2 Å². The molecule has 0 fully saturated rings. The SMILES string of the molecule is COc1ccccc1-c1ccc2ccc(C)n2c1. The number of methoxy groups -OCH3 is 1. The summed E-state index contributed by atoms with van der Waals surface area (Å²) in [5.74, 6) is 0.904. The molecule has 90 valence electrons. The molecule has 1 aromatic carbocycles. The Bertz CT molecular complexity index is 697. The van der Waals surface area contributed by atoms with E-state index >= 15 is 0 Å². The number of benzene rings is 1. The Kier molecular flexibility index (Phi) is 2.56. The predicted octanol–water partition coefficient (Wildman–Crippen LogP) is 3.92. The summed E-state index contributed by atoms with van der Waals surface area (Å²) in [5.41, 5.74) is 4.74. The number of pyridine rings is 1. The lowest BCUT2D eigenvalue weighted by Crippen LogP contribution is -1.91. The van der Waals surface area contributed by atoms with Crippen molar-refractivity contribution >= 4 is 5.52 Å². The molecule has 0 aliphatic rings. The minimum atomic E-state index is 0.904. The zero-order valence-electron chi connectivity index (χ0n) is 10.6. The van der Waals surface area contributed by atoms with Crippen LogP contribution in [0.25, 0.3) is 16.6 Å². The predicted molar refractivity (Wildman–Crippen MR) is 74.1 cm³/mol. The van der Waals surface area contributed by atoms with Gasteiger partial charge in [-0.3, -0.25) is 0 Å². The molecule has 2 heterocycles. The molecule has 0 aliphatic carbocycles. The highest BCUT2D eigenvalue weighted by atomic mass is 16.5. The highest BCUT2D eigenvalue weighted by Crippen LogP contribution is 2.30. The fourth-order valence-electron chi connectivity index (χ4n) is 2.28. The van der Waals surface area contributed by atoms with Gasteiger partial charge in [0.05, 0.1) is 7.11 Å². The highest BCUT2D eigenvalue weighted by Gasteiger charge is 2.06. The molecule has 0 spiro atoms. The Morgan fingerprint density at radius 1 is 0.944 bits per heavy atom. The molecule has 18 heavy (non-hydrogen) atoms. The van der Waals surface area contributed by atoms with Crippen molar-refractivity contribution in [3.8, 4) is 16.9 Å². The molecule has 2 nitrogen and oxygen atoms in total. The molecule has 0 aliphatic heterocycles. The zero-order valence-corrected chi connectivity index (χ0v) is 10.6. The molecule has 0 amide bonds. The number of aryl methyl sites for hydroxylation is 1. The second-order valence-corrected chi connectivity index (χ2v) is 4.39. The molecule has 0 N–H and O–H groups in total. The van der Waals surface area contributed by atoms with Gasteiger partial charge in [0.15, 0.2) is 0 Å². The number of rotatable bonds is 2. The molecule has 0 radical (unpaired) electrons. The van der Waals surface area contributed by atoms with Crippen molar-refractivity contribution in [2.45, 2.75) is 6.92 Å². The fourth-order valence-corrected chi connectivity index (χ4v) is 2.28. The summed E-state index contributed by atoms with van der Waals surface area (Å²) in [4.78, 5) is 0. The number of nitrogens with zero attached hydrogens (tertiary/aromatic N) is 1. The monoisotopic (exact) mass is 237 g/mol. The second-order valence-electron chi connectivity index (χ2n) is 4.39. The summed E-state index contributed by atoms with van der Waals surface area (Å²) in [5, 5.41) is 0. The van der Waals surface area contributed by atoms with E-state index in [1.807, 2.05) is 18.2 Å². The van der Waals surface area contributed by atoms with Crippen molar-refractivity contribution in [2.24, 2.45) is 0 Å². The van der Waals surface area contributed by atoms with Crippen LogP contribution in [0, 0.1) is 6.92 Å². The first-order chi connectivity index (χ1) is 8.79. The van der Waals surface area contributed by atoms with Crippen molar-refractivity contribution in [1.82, 2.24) is 4.40 Å². The summed E-state index contributed by atoms with van der Waals surface area (Å²) in [6.07, 6.45) is 2.16. The molecule has 0 saturated carbocycles. The maximum Gasteiger partial charge on any atom is 0.126 e. The number of aromatic nitrogens is 1. The molecule has 0 saturated heterocycles. The molecule has 2 heteroatoms. The first-order valence-electron chi connectivity index (χ1n) is 6.01. The molecule has 2 aromatic heterocycles. The van der Waals surface area contributed by atoms with Gasteiger partial charge in [-0.15, -0.1) is 0 Å². The van der Waals surface area contributed by atoms with Gasteiger partial charge in [-0.1, -0.05) is 24.3 Å². The highest BCUT2D eigenvalue weighted by molar-refractivity contribution is 5.71. The van der Waals surface area contributed by atoms with Gasteiger partial charge in [0, 0.05) is 28.5 Å². The van der Waals surface area contributed by atoms with Crippen molar-refractivity contribution in [3.63, 3.8) is 0 Å². The van der Waals surface area contributed by atoms with Crippen LogP contribution < -0.4 is 4.74 Å². The van der Waals surface area contributed by atoms with E-state index in [1.165, 1.54) is 16.8 Å². The summed E-state index contributed by atoms with van der Waals surface area (Å²) in [6, 6.07) is 16.6. The van der Waals surface area contributed by atoms with Crippen LogP contribution in [0.2, 0.25) is 0 Å². The Balaban J connectivity index is 2.21. The first-order valence-corrected chi connectivity index (χ1v) is 6.01. The van der Waals surface area contributed by atoms with Crippen molar-refractivity contribution < 1.29 is 4.74 Å². The van der Waals surface area contributed by atoms with Gasteiger partial charge in [-0.25, -0.2) is 0 Å². The van der Waals surface area contributed by atoms with E-state index in [4.69, 9.17) is 4.74 Å². The van der Waals surface area contributed by atoms with Crippen LogP contribution in [-0.2, 0) is 0 Å². The lowest BCUT2D eigenvalue weighted by molar-refractivity contribution is 0.416. The Hall–Kier alpha value is -2.22. The Morgan fingerprint density at radius 2 is 1.72 bits per heavy atom. The van der Waals surface area contributed by atoms with Gasteiger partial charge < -0.3 is 9.14 Å². The summed E-state index contributed by atoms with van der Waals surface area (Å²) in [6.45, 7) is 2.11. The lowest BCUT2D eigenvalue weighted by atomic mass is 10.1. The minimum Gasteiger partial charge on any atom is -0.496 e. The smallest absolute Gasteiger partial charge is 0.126 e. The standard InChI is InChI=1S/C16H15NO/c1-12-7-9-14-10-8-13(11-17(12)14)15-5-3-4-6-16(15)18-2/h3-11H,1-2H3. The Labute approximate surface area is 106 Å². The van der Waals surface area contributed by atoms with E-state index in [0.29, 0.717) is 0 Å². The van der Waals surface area contributed by atoms with Gasteiger partial charge in [0.2, 0.25) is 0 Å². The average Bonchev–Trinajstić information content (AvgIpc) is 2.80. The summed E-state index contributed by atoms with van der Waals surface area (Å²) < 4.78 is 7.61. The molecule has 3 aromatic rings. The normalized spacial score (nSPS) is 10.8. The quantitative estimate of drug-likeness (QED) is 0.658. The van der Waals surface area contributed by atoms with E-state index in [0.717, 1.165) is 11.3 Å². The molecule has 3 rings (SSSR count). The van der Waals surface area contributed by atoms with Gasteiger partial charge >= 0.3 is 0 Å². The number of ether oxygens (including phenoxy) is 1. The number of hydrogen-bond acceptors (Lipinski definition) is 1. The van der Waals surface area contributed by atoms with E-state index < -0.39 is 0 Å². The number of para-hydroxylation sites is 1. The van der Waals surface area contributed by atoms with Crippen LogP contribution in [0.1, 0.15) is 5.69 Å². The average molecular weight is 237 g/mol. The Morgan fingerprint density at radius 3 is 2.56 bits per heavy atom. The van der Waals surface area contributed by atoms with Gasteiger partial charge in [-0.2, -0.15) is 0 Å². The third kappa shape index (κ3) is 1.66. The summed E-state index contributed by atoms with van der Waals surface area (Å²) >= 11 is 0. The van der Waals surface area contributed by atoms with Gasteiger partial charge in [0.25, 0.3) is 0 Å². The van der Waals surface area contributed by atoms with Crippen LogP contribution >= 0.6 is 0 Å². The third-order valence-electron chi connectivity index (χ3n) is 3.27. The zero-order chi connectivity index (χ0) is 12.5. The van der Waals surface area contributed by atoms with Crippen molar-refractivity contribution in [3.05, 3.63) is 60.4 Å². The molecular formula is C16H15NO. The largest absolute Gasteiger partial charge is 0.496 e. The van der Waals surface area contributed by atoms with Crippen LogP contribution in [0.4, 0.5) is 0 Å². The molecule has 0 unspecified atom stereocenters. The van der Waals surface area contributed by atoms with E-state index in [1.54, 1.807) is 7.11 Å². The molecular weight excluding hydrogens is 222 g/mol. The van der Waals surface area contributed by atoms with Crippen LogP contribution in [0.5, 0.6) is 5.75 Å². The van der Waals surface area contributed by atoms with E-state index in [9.17, 15) is 0 Å². The van der Waals surface area contributed by atoms with Crippen LogP contribution in [0.15, 0.2) is 54.7 Å². The number of hydrogen-bond donors (Lipinski definition) is 0. The topological polar surface area (TPSA) is 13.6 Å². The van der Waals surface area contributed by atoms with Gasteiger partial charge in [0.1, 0.15) is 5.75 Å². The van der Waals surface area contributed by atoms with Crippen LogP contribution in [0.3, 0.4) is 0 Å².